The smallest absolute Gasteiger partial charge is 0.242 e. The van der Waals surface area contributed by atoms with Crippen LogP contribution in [-0.4, -0.2) is 21.9 Å². The van der Waals surface area contributed by atoms with Gasteiger partial charge in [0.1, 0.15) is 11.1 Å². The lowest BCUT2D eigenvalue weighted by Crippen LogP contribution is -2.39. The molecule has 0 unspecified atom stereocenters. The normalized spacial score (nSPS) is 16.0. The van der Waals surface area contributed by atoms with Crippen molar-refractivity contribution >= 4 is 22.4 Å². The molecule has 0 fully saturated rings. The number of benzene rings is 2. The van der Waals surface area contributed by atoms with Crippen molar-refractivity contribution < 1.29 is 13.4 Å². The number of halogens is 1. The largest absolute Gasteiger partial charge is 0.311 e. The maximum absolute atomic E-state index is 13.7. The van der Waals surface area contributed by atoms with Crippen LogP contribution in [0.1, 0.15) is 18.1 Å². The van der Waals surface area contributed by atoms with Crippen molar-refractivity contribution in [2.45, 2.75) is 24.3 Å². The van der Waals surface area contributed by atoms with E-state index in [0.717, 1.165) is 17.7 Å². The minimum atomic E-state index is -1.46. The van der Waals surface area contributed by atoms with Crippen molar-refractivity contribution in [2.24, 2.45) is 0 Å². The molecule has 2 aromatic carbocycles. The molecule has 120 valence electrons. The fraction of sp³-hybridized carbons (Fsp3) is 0.278. The van der Waals surface area contributed by atoms with Gasteiger partial charge in [-0.05, 0) is 31.0 Å². The monoisotopic (exact) mass is 331 g/mol. The second-order valence-electron chi connectivity index (χ2n) is 5.63. The van der Waals surface area contributed by atoms with Gasteiger partial charge in [-0.1, -0.05) is 36.4 Å². The van der Waals surface area contributed by atoms with Crippen LogP contribution in [0.25, 0.3) is 0 Å². The Balaban J connectivity index is 1.73. The molecule has 0 bridgehead atoms. The van der Waals surface area contributed by atoms with Crippen molar-refractivity contribution in [2.75, 3.05) is 11.4 Å². The number of rotatable bonds is 4. The Morgan fingerprint density at radius 2 is 1.91 bits per heavy atom. The highest BCUT2D eigenvalue weighted by Crippen LogP contribution is 2.28. The summed E-state index contributed by atoms with van der Waals surface area (Å²) in [5.74, 6) is -0.494. The predicted octanol–water partition coefficient (Wildman–Crippen LogP) is 3.05. The van der Waals surface area contributed by atoms with Crippen LogP contribution in [0.2, 0.25) is 0 Å². The molecule has 3 nitrogen and oxygen atoms in total. The molecular formula is C18H18FNO2S. The number of carbonyl (C=O) groups excluding carboxylic acids is 1. The molecule has 0 aliphatic carbocycles. The highest BCUT2D eigenvalue weighted by atomic mass is 32.2. The molecule has 23 heavy (non-hydrogen) atoms. The van der Waals surface area contributed by atoms with E-state index in [0.29, 0.717) is 12.1 Å². The third kappa shape index (κ3) is 3.20. The zero-order chi connectivity index (χ0) is 16.4. The topological polar surface area (TPSA) is 37.4 Å². The van der Waals surface area contributed by atoms with E-state index in [9.17, 15) is 13.4 Å². The lowest BCUT2D eigenvalue weighted by molar-refractivity contribution is -0.117. The molecule has 0 saturated heterocycles. The van der Waals surface area contributed by atoms with E-state index in [1.54, 1.807) is 30.0 Å². The van der Waals surface area contributed by atoms with Gasteiger partial charge in [0, 0.05) is 28.6 Å². The Labute approximate surface area is 137 Å². The van der Waals surface area contributed by atoms with Crippen molar-refractivity contribution in [1.82, 2.24) is 0 Å². The van der Waals surface area contributed by atoms with Gasteiger partial charge in [0.15, 0.2) is 0 Å². The lowest BCUT2D eigenvalue weighted by Gasteiger charge is -2.21. The first kappa shape index (κ1) is 15.9. The third-order valence-corrected chi connectivity index (χ3v) is 5.74. The first-order chi connectivity index (χ1) is 11.1. The summed E-state index contributed by atoms with van der Waals surface area (Å²) in [5, 5.41) is -0.666. The molecule has 3 rings (SSSR count). The number of fused-ring (bicyclic) bond motifs is 1. The first-order valence-corrected chi connectivity index (χ1v) is 8.96. The molecule has 2 aromatic rings. The molecule has 0 radical (unpaired) electrons. The maximum atomic E-state index is 13.7. The third-order valence-electron chi connectivity index (χ3n) is 4.15. The summed E-state index contributed by atoms with van der Waals surface area (Å²) < 4.78 is 26.2. The van der Waals surface area contributed by atoms with Crippen LogP contribution >= 0.6 is 0 Å². The summed E-state index contributed by atoms with van der Waals surface area (Å²) in [6.07, 6.45) is 0.814. The molecule has 0 N–H and O–H groups in total. The zero-order valence-corrected chi connectivity index (χ0v) is 13.7. The summed E-state index contributed by atoms with van der Waals surface area (Å²) >= 11 is 0. The molecule has 0 spiro atoms. The van der Waals surface area contributed by atoms with Crippen molar-refractivity contribution in [3.8, 4) is 0 Å². The van der Waals surface area contributed by atoms with Crippen molar-refractivity contribution in [3.63, 3.8) is 0 Å². The molecule has 1 amide bonds. The first-order valence-electron chi connectivity index (χ1n) is 7.58. The Morgan fingerprint density at radius 1 is 1.22 bits per heavy atom. The quantitative estimate of drug-likeness (QED) is 0.863. The summed E-state index contributed by atoms with van der Waals surface area (Å²) in [4.78, 5) is 14.4. The van der Waals surface area contributed by atoms with E-state index in [-0.39, 0.29) is 17.5 Å². The number of amides is 1. The Hall–Kier alpha value is -2.01. The van der Waals surface area contributed by atoms with Gasteiger partial charge >= 0.3 is 0 Å². The van der Waals surface area contributed by atoms with Gasteiger partial charge in [0.25, 0.3) is 0 Å². The number of anilines is 1. The van der Waals surface area contributed by atoms with Crippen molar-refractivity contribution in [3.05, 3.63) is 65.5 Å². The SMILES string of the molecule is C[C@@H](C(=O)N1CCc2ccccc21)[S@](=O)Cc1ccccc1F. The maximum Gasteiger partial charge on any atom is 0.242 e. The molecule has 0 aromatic heterocycles. The number of hydrogen-bond donors (Lipinski definition) is 0. The van der Waals surface area contributed by atoms with Gasteiger partial charge in [0.05, 0.1) is 5.75 Å². The second kappa shape index (κ2) is 6.62. The summed E-state index contributed by atoms with van der Waals surface area (Å²) in [5.41, 5.74) is 2.41. The Bertz CT molecular complexity index is 762. The second-order valence-corrected chi connectivity index (χ2v) is 7.38. The van der Waals surface area contributed by atoms with E-state index < -0.39 is 16.0 Å². The Kier molecular flexibility index (Phi) is 4.57. The van der Waals surface area contributed by atoms with Crippen LogP contribution < -0.4 is 4.90 Å². The van der Waals surface area contributed by atoms with Crippen molar-refractivity contribution in [1.29, 1.82) is 0 Å². The van der Waals surface area contributed by atoms with Gasteiger partial charge in [-0.25, -0.2) is 4.39 Å². The van der Waals surface area contributed by atoms with Gasteiger partial charge < -0.3 is 4.90 Å². The Morgan fingerprint density at radius 3 is 2.70 bits per heavy atom. The predicted molar refractivity (Wildman–Crippen MR) is 90.2 cm³/mol. The summed E-state index contributed by atoms with van der Waals surface area (Å²) in [6.45, 7) is 2.26. The van der Waals surface area contributed by atoms with Gasteiger partial charge in [-0.3, -0.25) is 9.00 Å². The molecule has 1 aliphatic rings. The van der Waals surface area contributed by atoms with E-state index >= 15 is 0 Å². The molecule has 1 aliphatic heterocycles. The number of para-hydroxylation sites is 1. The van der Waals surface area contributed by atoms with Crippen LogP contribution in [0.15, 0.2) is 48.5 Å². The molecule has 1 heterocycles. The number of hydrogen-bond acceptors (Lipinski definition) is 2. The minimum Gasteiger partial charge on any atom is -0.311 e. The van der Waals surface area contributed by atoms with E-state index in [2.05, 4.69) is 0 Å². The highest BCUT2D eigenvalue weighted by Gasteiger charge is 2.30. The lowest BCUT2D eigenvalue weighted by atomic mass is 10.2. The average molecular weight is 331 g/mol. The van der Waals surface area contributed by atoms with Crippen LogP contribution in [0.4, 0.5) is 10.1 Å². The minimum absolute atomic E-state index is 0.0507. The van der Waals surface area contributed by atoms with Crippen LogP contribution in [0.3, 0.4) is 0 Å². The number of nitrogens with zero attached hydrogens (tertiary/aromatic N) is 1. The van der Waals surface area contributed by atoms with Gasteiger partial charge in [-0.2, -0.15) is 0 Å². The zero-order valence-electron chi connectivity index (χ0n) is 12.9. The molecule has 2 atom stereocenters. The average Bonchev–Trinajstić information content (AvgIpc) is 2.99. The number of carbonyl (C=O) groups is 1. The fourth-order valence-electron chi connectivity index (χ4n) is 2.79. The standard InChI is InChI=1S/C18H18FNO2S/c1-13(23(22)12-15-7-2-4-8-16(15)19)18(21)20-11-10-14-6-3-5-9-17(14)20/h2-9,13H,10-12H2,1H3/t13-,23+/m0/s1. The van der Waals surface area contributed by atoms with E-state index in [4.69, 9.17) is 0 Å². The van der Waals surface area contributed by atoms with Gasteiger partial charge in [-0.15, -0.1) is 0 Å². The van der Waals surface area contributed by atoms with Crippen LogP contribution in [-0.2, 0) is 27.8 Å². The van der Waals surface area contributed by atoms with E-state index in [1.165, 1.54) is 6.07 Å². The fourth-order valence-corrected chi connectivity index (χ4v) is 3.94. The molecular weight excluding hydrogens is 313 g/mol. The van der Waals surface area contributed by atoms with Crippen LogP contribution in [0, 0.1) is 5.82 Å². The van der Waals surface area contributed by atoms with Crippen LogP contribution in [0.5, 0.6) is 0 Å². The highest BCUT2D eigenvalue weighted by molar-refractivity contribution is 7.85. The van der Waals surface area contributed by atoms with Gasteiger partial charge in [0.2, 0.25) is 5.91 Å². The summed E-state index contributed by atoms with van der Waals surface area (Å²) in [7, 11) is -1.46. The molecule has 0 saturated carbocycles. The molecule has 5 heteroatoms. The summed E-state index contributed by atoms with van der Waals surface area (Å²) in [6, 6.07) is 14.0. The van der Waals surface area contributed by atoms with E-state index in [1.807, 2.05) is 24.3 Å².